The second-order valence-corrected chi connectivity index (χ2v) is 6.80. The van der Waals surface area contributed by atoms with Gasteiger partial charge in [0.1, 0.15) is 16.9 Å². The topological polar surface area (TPSA) is 74.5 Å². The Morgan fingerprint density at radius 1 is 1.38 bits per heavy atom. The third kappa shape index (κ3) is 3.60. The quantitative estimate of drug-likeness (QED) is 0.660. The van der Waals surface area contributed by atoms with Gasteiger partial charge in [0.05, 0.1) is 12.6 Å². The molecule has 0 fully saturated rings. The standard InChI is InChI=1S/C18H20N2O3S/c1-12(16-9-13-5-3-4-6-15(13)23-16)20-17(21)19-11-18(2,22)14-7-8-24-10-14/h3-10,12,22H,11H2,1-2H3,(H2,19,20,21). The van der Waals surface area contributed by atoms with Gasteiger partial charge in [-0.05, 0) is 48.4 Å². The molecule has 126 valence electrons. The number of thiophene rings is 1. The summed E-state index contributed by atoms with van der Waals surface area (Å²) in [7, 11) is 0. The minimum atomic E-state index is -1.10. The van der Waals surface area contributed by atoms with E-state index < -0.39 is 5.60 Å². The zero-order valence-electron chi connectivity index (χ0n) is 13.6. The Balaban J connectivity index is 1.58. The minimum absolute atomic E-state index is 0.127. The second kappa shape index (κ2) is 6.67. The Kier molecular flexibility index (Phi) is 4.59. The maximum atomic E-state index is 12.1. The Hall–Kier alpha value is -2.31. The number of urea groups is 1. The number of furan rings is 1. The molecule has 2 heterocycles. The molecule has 0 aliphatic carbocycles. The fourth-order valence-corrected chi connectivity index (χ4v) is 3.24. The predicted octanol–water partition coefficient (Wildman–Crippen LogP) is 3.76. The van der Waals surface area contributed by atoms with E-state index in [1.165, 1.54) is 11.3 Å². The van der Waals surface area contributed by atoms with Gasteiger partial charge in [0.25, 0.3) is 0 Å². The molecule has 6 heteroatoms. The van der Waals surface area contributed by atoms with Crippen molar-refractivity contribution in [3.63, 3.8) is 0 Å². The van der Waals surface area contributed by atoms with Crippen molar-refractivity contribution in [1.82, 2.24) is 10.6 Å². The van der Waals surface area contributed by atoms with Crippen LogP contribution in [0.2, 0.25) is 0 Å². The summed E-state index contributed by atoms with van der Waals surface area (Å²) in [5, 5.41) is 20.7. The number of amides is 2. The van der Waals surface area contributed by atoms with Gasteiger partial charge in [-0.2, -0.15) is 11.3 Å². The highest BCUT2D eigenvalue weighted by Crippen LogP contribution is 2.24. The smallest absolute Gasteiger partial charge is 0.315 e. The fourth-order valence-electron chi connectivity index (χ4n) is 2.46. The fraction of sp³-hybridized carbons (Fsp3) is 0.278. The maximum absolute atomic E-state index is 12.1. The molecule has 1 aromatic carbocycles. The summed E-state index contributed by atoms with van der Waals surface area (Å²) in [5.74, 6) is 0.691. The van der Waals surface area contributed by atoms with Gasteiger partial charge in [0.15, 0.2) is 0 Å². The molecule has 0 saturated carbocycles. The number of carbonyl (C=O) groups excluding carboxylic acids is 1. The summed E-state index contributed by atoms with van der Waals surface area (Å²) < 4.78 is 5.74. The molecule has 0 saturated heterocycles. The molecule has 0 spiro atoms. The number of fused-ring (bicyclic) bond motifs is 1. The van der Waals surface area contributed by atoms with Crippen molar-refractivity contribution >= 4 is 28.3 Å². The van der Waals surface area contributed by atoms with E-state index in [1.54, 1.807) is 6.92 Å². The Bertz CT molecular complexity index is 791. The molecule has 24 heavy (non-hydrogen) atoms. The van der Waals surface area contributed by atoms with Crippen LogP contribution in [0.5, 0.6) is 0 Å². The van der Waals surface area contributed by atoms with Crippen molar-refractivity contribution in [3.8, 4) is 0 Å². The van der Waals surface area contributed by atoms with Crippen molar-refractivity contribution in [2.75, 3.05) is 6.54 Å². The first-order valence-corrected chi connectivity index (χ1v) is 8.68. The van der Waals surface area contributed by atoms with Crippen LogP contribution in [0.1, 0.15) is 31.2 Å². The van der Waals surface area contributed by atoms with Crippen molar-refractivity contribution in [1.29, 1.82) is 0 Å². The van der Waals surface area contributed by atoms with E-state index in [0.29, 0.717) is 5.76 Å². The molecular weight excluding hydrogens is 324 g/mol. The van der Waals surface area contributed by atoms with E-state index >= 15 is 0 Å². The minimum Gasteiger partial charge on any atom is -0.459 e. The molecule has 0 bridgehead atoms. The molecule has 0 aliphatic heterocycles. The second-order valence-electron chi connectivity index (χ2n) is 6.02. The lowest BCUT2D eigenvalue weighted by Crippen LogP contribution is -2.43. The zero-order valence-corrected chi connectivity index (χ0v) is 14.4. The molecule has 2 unspecified atom stereocenters. The average Bonchev–Trinajstić information content (AvgIpc) is 3.22. The van der Waals surface area contributed by atoms with E-state index in [0.717, 1.165) is 16.5 Å². The van der Waals surface area contributed by atoms with Crippen molar-refractivity contribution < 1.29 is 14.3 Å². The highest BCUT2D eigenvalue weighted by molar-refractivity contribution is 7.08. The predicted molar refractivity (Wildman–Crippen MR) is 95.1 cm³/mol. The number of para-hydroxylation sites is 1. The van der Waals surface area contributed by atoms with E-state index in [2.05, 4.69) is 10.6 Å². The number of nitrogens with one attached hydrogen (secondary N) is 2. The van der Waals surface area contributed by atoms with Gasteiger partial charge in [-0.1, -0.05) is 18.2 Å². The average molecular weight is 344 g/mol. The molecule has 3 N–H and O–H groups in total. The Morgan fingerprint density at radius 2 is 2.17 bits per heavy atom. The van der Waals surface area contributed by atoms with Crippen molar-refractivity contribution in [2.45, 2.75) is 25.5 Å². The summed E-state index contributed by atoms with van der Waals surface area (Å²) in [4.78, 5) is 12.1. The molecule has 3 rings (SSSR count). The molecule has 2 amide bonds. The highest BCUT2D eigenvalue weighted by atomic mass is 32.1. The van der Waals surface area contributed by atoms with Gasteiger partial charge in [0, 0.05) is 5.39 Å². The van der Waals surface area contributed by atoms with Crippen molar-refractivity contribution in [2.24, 2.45) is 0 Å². The molecule has 2 aromatic heterocycles. The summed E-state index contributed by atoms with van der Waals surface area (Å²) in [5.41, 5.74) is 0.486. The van der Waals surface area contributed by atoms with E-state index in [9.17, 15) is 9.90 Å². The van der Waals surface area contributed by atoms with Gasteiger partial charge < -0.3 is 20.2 Å². The lowest BCUT2D eigenvalue weighted by Gasteiger charge is -2.23. The van der Waals surface area contributed by atoms with Crippen LogP contribution in [0, 0.1) is 0 Å². The number of hydrogen-bond acceptors (Lipinski definition) is 4. The third-order valence-corrected chi connectivity index (χ3v) is 4.64. The van der Waals surface area contributed by atoms with Crippen LogP contribution in [-0.4, -0.2) is 17.7 Å². The monoisotopic (exact) mass is 344 g/mol. The van der Waals surface area contributed by atoms with Crippen molar-refractivity contribution in [3.05, 3.63) is 58.5 Å². The molecule has 0 radical (unpaired) electrons. The lowest BCUT2D eigenvalue weighted by molar-refractivity contribution is 0.0597. The van der Waals surface area contributed by atoms with Crippen LogP contribution in [0.25, 0.3) is 11.0 Å². The van der Waals surface area contributed by atoms with Gasteiger partial charge in [-0.15, -0.1) is 0 Å². The van der Waals surface area contributed by atoms with E-state index in [-0.39, 0.29) is 18.6 Å². The number of hydrogen-bond donors (Lipinski definition) is 3. The van der Waals surface area contributed by atoms with E-state index in [1.807, 2.05) is 54.1 Å². The first-order chi connectivity index (χ1) is 11.5. The first kappa shape index (κ1) is 16.5. The van der Waals surface area contributed by atoms with Gasteiger partial charge in [0.2, 0.25) is 0 Å². The largest absolute Gasteiger partial charge is 0.459 e. The van der Waals surface area contributed by atoms with Crippen LogP contribution in [0.15, 0.2) is 51.6 Å². The van der Waals surface area contributed by atoms with Gasteiger partial charge in [-0.25, -0.2) is 4.79 Å². The zero-order chi connectivity index (χ0) is 17.2. The Labute approximate surface area is 144 Å². The summed E-state index contributed by atoms with van der Waals surface area (Å²) >= 11 is 1.51. The summed E-state index contributed by atoms with van der Waals surface area (Å²) in [6.07, 6.45) is 0. The van der Waals surface area contributed by atoms with Crippen LogP contribution in [-0.2, 0) is 5.60 Å². The van der Waals surface area contributed by atoms with Gasteiger partial charge >= 0.3 is 6.03 Å². The SMILES string of the molecule is CC(NC(=O)NCC(C)(O)c1ccsc1)c1cc2ccccc2o1. The van der Waals surface area contributed by atoms with Crippen LogP contribution >= 0.6 is 11.3 Å². The first-order valence-electron chi connectivity index (χ1n) is 7.73. The molecule has 5 nitrogen and oxygen atoms in total. The number of rotatable bonds is 5. The van der Waals surface area contributed by atoms with Crippen LogP contribution in [0.4, 0.5) is 4.79 Å². The molecule has 0 aliphatic rings. The number of benzene rings is 1. The number of carbonyl (C=O) groups is 1. The van der Waals surface area contributed by atoms with Gasteiger partial charge in [-0.3, -0.25) is 0 Å². The number of aliphatic hydroxyl groups is 1. The van der Waals surface area contributed by atoms with E-state index in [4.69, 9.17) is 4.42 Å². The van der Waals surface area contributed by atoms with Crippen LogP contribution in [0.3, 0.4) is 0 Å². The summed E-state index contributed by atoms with van der Waals surface area (Å²) in [6, 6.07) is 10.9. The highest BCUT2D eigenvalue weighted by Gasteiger charge is 2.24. The summed E-state index contributed by atoms with van der Waals surface area (Å²) in [6.45, 7) is 3.66. The third-order valence-electron chi connectivity index (χ3n) is 3.96. The molecule has 3 aromatic rings. The van der Waals surface area contributed by atoms with Crippen LogP contribution < -0.4 is 10.6 Å². The molecule has 2 atom stereocenters. The normalized spacial score (nSPS) is 15.0. The Morgan fingerprint density at radius 3 is 2.88 bits per heavy atom. The lowest BCUT2D eigenvalue weighted by atomic mass is 9.99. The molecular formula is C18H20N2O3S. The maximum Gasteiger partial charge on any atom is 0.315 e.